The summed E-state index contributed by atoms with van der Waals surface area (Å²) in [7, 11) is 1.17. The van der Waals surface area contributed by atoms with Gasteiger partial charge in [0.2, 0.25) is 5.88 Å². The molecular formula is C8H8BF3KNO3. The van der Waals surface area contributed by atoms with Gasteiger partial charge in [0, 0.05) is 6.20 Å². The first kappa shape index (κ1) is 16.9. The zero-order valence-electron chi connectivity index (χ0n) is 9.32. The van der Waals surface area contributed by atoms with Gasteiger partial charge in [-0.25, -0.2) is 9.78 Å². The van der Waals surface area contributed by atoms with Gasteiger partial charge in [-0.05, 0) is 6.07 Å². The van der Waals surface area contributed by atoms with Crippen LogP contribution < -0.4 is 61.6 Å². The molecule has 1 aromatic rings. The third kappa shape index (κ3) is 5.87. The Balaban J connectivity index is 0.00000256. The molecule has 1 heterocycles. The molecule has 0 radical (unpaired) electrons. The molecule has 1 rings (SSSR count). The van der Waals surface area contributed by atoms with Crippen molar-refractivity contribution in [1.29, 1.82) is 0 Å². The van der Waals surface area contributed by atoms with Crippen molar-refractivity contribution in [2.45, 2.75) is 0 Å². The Morgan fingerprint density at radius 3 is 2.47 bits per heavy atom. The topological polar surface area (TPSA) is 48.4 Å². The van der Waals surface area contributed by atoms with Crippen molar-refractivity contribution in [2.24, 2.45) is 0 Å². The maximum Gasteiger partial charge on any atom is 1.00 e. The van der Waals surface area contributed by atoms with Crippen LogP contribution in [0.5, 0.6) is 5.88 Å². The van der Waals surface area contributed by atoms with E-state index in [-0.39, 0.29) is 63.9 Å². The number of nitrogens with zero attached hydrogens (tertiary/aromatic N) is 1. The first-order valence-corrected chi connectivity index (χ1v) is 4.29. The molecule has 0 aliphatic carbocycles. The molecule has 1 aromatic heterocycles. The van der Waals surface area contributed by atoms with Crippen LogP contribution in [0.25, 0.3) is 0 Å². The van der Waals surface area contributed by atoms with E-state index >= 15 is 0 Å². The number of esters is 1. The Labute approximate surface area is 138 Å². The van der Waals surface area contributed by atoms with Gasteiger partial charge < -0.3 is 22.4 Å². The number of aromatic nitrogens is 1. The van der Waals surface area contributed by atoms with Gasteiger partial charge in [-0.15, -0.1) is 0 Å². The number of pyridine rings is 1. The molecule has 0 aliphatic rings. The number of halogens is 3. The van der Waals surface area contributed by atoms with Crippen molar-refractivity contribution in [3.05, 3.63) is 18.3 Å². The van der Waals surface area contributed by atoms with E-state index in [1.165, 1.54) is 7.11 Å². The van der Waals surface area contributed by atoms with Gasteiger partial charge in [0.1, 0.15) is 0 Å². The average molecular weight is 273 g/mol. The minimum Gasteiger partial charge on any atom is -0.466 e. The number of methoxy groups -OCH3 is 1. The van der Waals surface area contributed by atoms with Crippen LogP contribution in [-0.4, -0.2) is 31.6 Å². The second-order valence-electron chi connectivity index (χ2n) is 2.87. The van der Waals surface area contributed by atoms with Crippen molar-refractivity contribution in [2.75, 3.05) is 13.7 Å². The molecule has 0 N–H and O–H groups in total. The number of hydrogen-bond donors (Lipinski definition) is 0. The summed E-state index contributed by atoms with van der Waals surface area (Å²) in [6.45, 7) is -5.45. The van der Waals surface area contributed by atoms with Crippen LogP contribution in [0.1, 0.15) is 0 Å². The van der Waals surface area contributed by atoms with Crippen molar-refractivity contribution in [3.63, 3.8) is 0 Å². The zero-order chi connectivity index (χ0) is 12.2. The molecule has 0 fully saturated rings. The van der Waals surface area contributed by atoms with Crippen molar-refractivity contribution in [1.82, 2.24) is 4.98 Å². The standard InChI is InChI=1S/C8H8BF3NO3.K/c1-15-8(14)5-16-7-3-2-6(4-13-7)9(10,11)12;/h2-4H,5H2,1H3;/q-1;+1. The smallest absolute Gasteiger partial charge is 0.466 e. The monoisotopic (exact) mass is 273 g/mol. The number of ether oxygens (including phenoxy) is 2. The second kappa shape index (κ2) is 7.37. The molecule has 0 saturated heterocycles. The van der Waals surface area contributed by atoms with Gasteiger partial charge in [0.05, 0.1) is 7.11 Å². The van der Waals surface area contributed by atoms with Gasteiger partial charge in [-0.2, -0.15) is 0 Å². The van der Waals surface area contributed by atoms with E-state index in [1.54, 1.807) is 0 Å². The fourth-order valence-electron chi connectivity index (χ4n) is 0.863. The fraction of sp³-hybridized carbons (Fsp3) is 0.250. The molecule has 0 amide bonds. The SMILES string of the molecule is COC(=O)COc1ccc([B-](F)(F)F)cn1.[K+]. The molecular weight excluding hydrogens is 265 g/mol. The van der Waals surface area contributed by atoms with Gasteiger partial charge in [-0.1, -0.05) is 11.5 Å². The van der Waals surface area contributed by atoms with Crippen LogP contribution in [0.3, 0.4) is 0 Å². The van der Waals surface area contributed by atoms with Gasteiger partial charge >= 0.3 is 64.3 Å². The molecule has 17 heavy (non-hydrogen) atoms. The zero-order valence-corrected chi connectivity index (χ0v) is 12.4. The molecule has 0 spiro atoms. The number of hydrogen-bond acceptors (Lipinski definition) is 4. The van der Waals surface area contributed by atoms with Crippen molar-refractivity contribution >= 4 is 18.4 Å². The maximum atomic E-state index is 12.2. The Morgan fingerprint density at radius 2 is 2.06 bits per heavy atom. The summed E-state index contributed by atoms with van der Waals surface area (Å²) in [5.41, 5.74) is -0.814. The molecule has 0 saturated carbocycles. The summed E-state index contributed by atoms with van der Waals surface area (Å²) in [6, 6.07) is 1.90. The second-order valence-corrected chi connectivity index (χ2v) is 2.87. The third-order valence-electron chi connectivity index (χ3n) is 1.70. The Kier molecular flexibility index (Phi) is 7.33. The summed E-state index contributed by atoms with van der Waals surface area (Å²) in [5.74, 6) is -0.694. The minimum absolute atomic E-state index is 0. The summed E-state index contributed by atoms with van der Waals surface area (Å²) < 4.78 is 45.6. The van der Waals surface area contributed by atoms with Crippen LogP contribution in [0, 0.1) is 0 Å². The van der Waals surface area contributed by atoms with E-state index in [4.69, 9.17) is 4.74 Å². The Morgan fingerprint density at radius 1 is 1.41 bits per heavy atom. The maximum absolute atomic E-state index is 12.2. The van der Waals surface area contributed by atoms with E-state index in [0.717, 1.165) is 12.1 Å². The minimum atomic E-state index is -5.06. The van der Waals surface area contributed by atoms with Crippen molar-refractivity contribution < 1.29 is 78.6 Å². The predicted octanol–water partition coefficient (Wildman–Crippen LogP) is -2.31. The van der Waals surface area contributed by atoms with Gasteiger partial charge in [0.15, 0.2) is 6.61 Å². The normalized spacial score (nSPS) is 10.4. The van der Waals surface area contributed by atoms with Gasteiger partial charge in [-0.3, -0.25) is 0 Å². The van der Waals surface area contributed by atoms with E-state index < -0.39 is 18.4 Å². The fourth-order valence-corrected chi connectivity index (χ4v) is 0.863. The predicted molar refractivity (Wildman–Crippen MR) is 50.5 cm³/mol. The summed E-state index contributed by atoms with van der Waals surface area (Å²) >= 11 is 0. The van der Waals surface area contributed by atoms with Crippen molar-refractivity contribution in [3.8, 4) is 5.88 Å². The molecule has 4 nitrogen and oxygen atoms in total. The van der Waals surface area contributed by atoms with Crippen LogP contribution in [0.2, 0.25) is 0 Å². The molecule has 0 aliphatic heterocycles. The Hall–Kier alpha value is -0.0887. The van der Waals surface area contributed by atoms with Crippen LogP contribution in [-0.2, 0) is 9.53 Å². The number of rotatable bonds is 4. The Bertz CT molecular complexity index is 371. The summed E-state index contributed by atoms with van der Waals surface area (Å²) in [5, 5.41) is 0. The first-order valence-electron chi connectivity index (χ1n) is 4.29. The van der Waals surface area contributed by atoms with E-state index in [2.05, 4.69) is 9.72 Å². The van der Waals surface area contributed by atoms with E-state index in [0.29, 0.717) is 6.20 Å². The molecule has 0 unspecified atom stereocenters. The quantitative estimate of drug-likeness (QED) is 0.457. The van der Waals surface area contributed by atoms with Crippen LogP contribution >= 0.6 is 0 Å². The van der Waals surface area contributed by atoms with Crippen LogP contribution in [0.15, 0.2) is 18.3 Å². The number of carbonyl (C=O) groups is 1. The van der Waals surface area contributed by atoms with E-state index in [9.17, 15) is 17.7 Å². The molecule has 9 heteroatoms. The van der Waals surface area contributed by atoms with Crippen LogP contribution in [0.4, 0.5) is 12.9 Å². The van der Waals surface area contributed by atoms with Gasteiger partial charge in [0.25, 0.3) is 0 Å². The number of carbonyl (C=O) groups excluding carboxylic acids is 1. The largest absolute Gasteiger partial charge is 1.00 e. The third-order valence-corrected chi connectivity index (χ3v) is 1.70. The summed E-state index contributed by atoms with van der Waals surface area (Å²) in [6.07, 6.45) is 0.659. The molecule has 0 bridgehead atoms. The summed E-state index contributed by atoms with van der Waals surface area (Å²) in [4.78, 5) is 14.1. The molecule has 88 valence electrons. The molecule has 0 atom stereocenters. The average Bonchev–Trinajstić information content (AvgIpc) is 2.25. The first-order chi connectivity index (χ1) is 7.43. The molecule has 0 aromatic carbocycles. The van der Waals surface area contributed by atoms with E-state index in [1.807, 2.05) is 0 Å².